The molecule has 0 spiro atoms. The molecule has 0 saturated carbocycles. The molecule has 0 aromatic carbocycles. The highest BCUT2D eigenvalue weighted by molar-refractivity contribution is 5.71. The normalized spacial score (nSPS) is 13.4. The van der Waals surface area contributed by atoms with Gasteiger partial charge in [-0.15, -0.1) is 0 Å². The Morgan fingerprint density at radius 2 is 0.553 bits per heavy atom. The summed E-state index contributed by atoms with van der Waals surface area (Å²) in [6.45, 7) is 6.27. The van der Waals surface area contributed by atoms with Gasteiger partial charge in [-0.1, -0.05) is 249 Å². The molecule has 0 N–H and O–H groups in total. The molecule has 0 aromatic heterocycles. The summed E-state index contributed by atoms with van der Waals surface area (Å²) in [5, 5.41) is 0. The zero-order chi connectivity index (χ0) is 55.0. The van der Waals surface area contributed by atoms with Gasteiger partial charge in [0.15, 0.2) is 6.10 Å². The molecule has 424 valence electrons. The molecule has 1 atom stereocenters. The number of rotatable bonds is 52. The second-order valence-corrected chi connectivity index (χ2v) is 19.1. The van der Waals surface area contributed by atoms with E-state index in [9.17, 15) is 14.4 Å². The number of hydrogen-bond donors (Lipinski definition) is 0. The first-order valence-corrected chi connectivity index (χ1v) is 30.1. The Morgan fingerprint density at radius 1 is 0.276 bits per heavy atom. The largest absolute Gasteiger partial charge is 0.462 e. The summed E-state index contributed by atoms with van der Waals surface area (Å²) in [5.74, 6) is -1.10. The average Bonchev–Trinajstić information content (AvgIpc) is 3.42. The molecule has 6 heteroatoms. The molecular weight excluding hydrogens is 937 g/mol. The summed E-state index contributed by atoms with van der Waals surface area (Å²) in [7, 11) is 0. The topological polar surface area (TPSA) is 78.9 Å². The first-order valence-electron chi connectivity index (χ1n) is 30.1. The molecular formula is C70H108O6. The molecule has 0 rings (SSSR count). The van der Waals surface area contributed by atoms with E-state index in [4.69, 9.17) is 14.2 Å². The van der Waals surface area contributed by atoms with Crippen LogP contribution in [-0.2, 0) is 28.6 Å². The van der Waals surface area contributed by atoms with Crippen LogP contribution in [0.1, 0.15) is 233 Å². The van der Waals surface area contributed by atoms with E-state index in [1.807, 2.05) is 12.2 Å². The third-order valence-electron chi connectivity index (χ3n) is 11.9. The van der Waals surface area contributed by atoms with E-state index in [0.29, 0.717) is 12.8 Å². The Balaban J connectivity index is 4.51. The molecule has 0 radical (unpaired) electrons. The molecule has 1 unspecified atom stereocenters. The fourth-order valence-electron chi connectivity index (χ4n) is 7.51. The molecule has 0 saturated heterocycles. The van der Waals surface area contributed by atoms with Crippen LogP contribution in [0.25, 0.3) is 0 Å². The highest BCUT2D eigenvalue weighted by Crippen LogP contribution is 2.13. The Hall–Kier alpha value is -5.23. The third-order valence-corrected chi connectivity index (χ3v) is 11.9. The summed E-state index contributed by atoms with van der Waals surface area (Å²) in [6, 6.07) is 0. The van der Waals surface area contributed by atoms with Gasteiger partial charge in [0, 0.05) is 19.3 Å². The number of hydrogen-bond acceptors (Lipinski definition) is 6. The fourth-order valence-corrected chi connectivity index (χ4v) is 7.51. The van der Waals surface area contributed by atoms with Gasteiger partial charge in [0.1, 0.15) is 13.2 Å². The van der Waals surface area contributed by atoms with Gasteiger partial charge in [-0.25, -0.2) is 0 Å². The van der Waals surface area contributed by atoms with Gasteiger partial charge in [0.05, 0.1) is 0 Å². The summed E-state index contributed by atoms with van der Waals surface area (Å²) < 4.78 is 16.7. The minimum absolute atomic E-state index is 0.141. The van der Waals surface area contributed by atoms with E-state index in [-0.39, 0.29) is 50.4 Å². The Labute approximate surface area is 466 Å². The molecule has 0 amide bonds. The number of ether oxygens (including phenoxy) is 3. The number of allylic oxidation sites excluding steroid dienone is 28. The smallest absolute Gasteiger partial charge is 0.306 e. The Morgan fingerprint density at radius 3 is 0.934 bits per heavy atom. The van der Waals surface area contributed by atoms with Crippen molar-refractivity contribution in [3.05, 3.63) is 170 Å². The minimum Gasteiger partial charge on any atom is -0.462 e. The third kappa shape index (κ3) is 59.6. The molecule has 0 aromatic rings. The van der Waals surface area contributed by atoms with Gasteiger partial charge in [-0.05, 0) is 135 Å². The predicted octanol–water partition coefficient (Wildman–Crippen LogP) is 20.7. The second kappa shape index (κ2) is 62.3. The van der Waals surface area contributed by atoms with Crippen molar-refractivity contribution in [3.63, 3.8) is 0 Å². The highest BCUT2D eigenvalue weighted by atomic mass is 16.6. The second-order valence-electron chi connectivity index (χ2n) is 19.1. The lowest BCUT2D eigenvalue weighted by molar-refractivity contribution is -0.166. The zero-order valence-electron chi connectivity index (χ0n) is 48.4. The van der Waals surface area contributed by atoms with Gasteiger partial charge < -0.3 is 14.2 Å². The minimum atomic E-state index is -0.844. The van der Waals surface area contributed by atoms with Crippen molar-refractivity contribution in [1.82, 2.24) is 0 Å². The van der Waals surface area contributed by atoms with E-state index in [1.54, 1.807) is 0 Å². The standard InChI is InChI=1S/C70H108O6/c1-4-7-10-13-16-19-22-25-27-29-30-31-32-33-34-35-36-37-38-39-40-41-43-45-48-51-54-57-60-63-69(72)75-66-67(65-74-68(71)62-59-56-53-50-47-44-24-21-18-15-12-9-6-3)76-70(73)64-61-58-55-52-49-46-42-28-26-23-20-17-14-11-8-5-2/h7,9-10,12,16,18-19,21,25,27-28,30-31,33-34,36-37,39-40,42-45,47,51,53-54,56,67H,4-6,8,11,13-15,17,20,22-24,26,29,32,35,38,41,46,48-50,52,55,57-66H2,1-3H3/b10-7-,12-9-,19-16-,21-18-,27-25-,31-30-,34-33-,37-36-,40-39-,42-28-,45-43-,47-44-,54-51-,56-53-. The van der Waals surface area contributed by atoms with E-state index in [2.05, 4.69) is 179 Å². The lowest BCUT2D eigenvalue weighted by atomic mass is 10.1. The van der Waals surface area contributed by atoms with Crippen molar-refractivity contribution in [1.29, 1.82) is 0 Å². The van der Waals surface area contributed by atoms with Crippen molar-refractivity contribution < 1.29 is 28.6 Å². The van der Waals surface area contributed by atoms with Crippen LogP contribution in [0, 0.1) is 0 Å². The van der Waals surface area contributed by atoms with Crippen LogP contribution in [0.5, 0.6) is 0 Å². The van der Waals surface area contributed by atoms with Gasteiger partial charge in [-0.3, -0.25) is 14.4 Å². The Bertz CT molecular complexity index is 1770. The predicted molar refractivity (Wildman–Crippen MR) is 329 cm³/mol. The lowest BCUT2D eigenvalue weighted by Crippen LogP contribution is -2.30. The van der Waals surface area contributed by atoms with Crippen molar-refractivity contribution in [2.24, 2.45) is 0 Å². The summed E-state index contributed by atoms with van der Waals surface area (Å²) >= 11 is 0. The molecule has 0 aliphatic heterocycles. The Kier molecular flexibility index (Phi) is 58.0. The molecule has 6 nitrogen and oxygen atoms in total. The highest BCUT2D eigenvalue weighted by Gasteiger charge is 2.19. The maximum absolute atomic E-state index is 12.9. The van der Waals surface area contributed by atoms with Gasteiger partial charge >= 0.3 is 17.9 Å². The number of unbranched alkanes of at least 4 members (excludes halogenated alkanes) is 13. The summed E-state index contributed by atoms with van der Waals surface area (Å²) in [4.78, 5) is 38.1. The van der Waals surface area contributed by atoms with Gasteiger partial charge in [0.2, 0.25) is 0 Å². The SMILES string of the molecule is CC/C=C\C/C=C\C/C=C\C/C=C\C/C=C\C/C=C\C/C=C\C/C=C\C/C=C\CCCC(=O)OCC(COC(=O)CC/C=C\C/C=C\C/C=C\C/C=C\CC)OC(=O)CCCCCCC/C=C\CCCCCCCCC. The number of carbonyl (C=O) groups is 3. The summed E-state index contributed by atoms with van der Waals surface area (Å²) in [6.07, 6.45) is 92.3. The first kappa shape index (κ1) is 70.8. The van der Waals surface area contributed by atoms with Crippen LogP contribution in [0.15, 0.2) is 170 Å². The van der Waals surface area contributed by atoms with E-state index in [0.717, 1.165) is 122 Å². The van der Waals surface area contributed by atoms with Crippen LogP contribution in [0.2, 0.25) is 0 Å². The molecule has 0 fully saturated rings. The number of esters is 3. The van der Waals surface area contributed by atoms with Crippen LogP contribution >= 0.6 is 0 Å². The zero-order valence-corrected chi connectivity index (χ0v) is 48.4. The molecule has 0 aliphatic rings. The van der Waals surface area contributed by atoms with Gasteiger partial charge in [0.25, 0.3) is 0 Å². The molecule has 76 heavy (non-hydrogen) atoms. The van der Waals surface area contributed by atoms with Crippen LogP contribution in [-0.4, -0.2) is 37.2 Å². The van der Waals surface area contributed by atoms with Crippen LogP contribution in [0.4, 0.5) is 0 Å². The van der Waals surface area contributed by atoms with Crippen molar-refractivity contribution in [2.45, 2.75) is 239 Å². The van der Waals surface area contributed by atoms with E-state index < -0.39 is 6.10 Å². The quantitative estimate of drug-likeness (QED) is 0.0261. The van der Waals surface area contributed by atoms with E-state index in [1.165, 1.54) is 57.8 Å². The molecule has 0 aliphatic carbocycles. The number of carbonyl (C=O) groups excluding carboxylic acids is 3. The van der Waals surface area contributed by atoms with Crippen molar-refractivity contribution in [3.8, 4) is 0 Å². The fraction of sp³-hybridized carbons (Fsp3) is 0.557. The van der Waals surface area contributed by atoms with Crippen molar-refractivity contribution in [2.75, 3.05) is 13.2 Å². The summed E-state index contributed by atoms with van der Waals surface area (Å²) in [5.41, 5.74) is 0. The van der Waals surface area contributed by atoms with Crippen molar-refractivity contribution >= 4 is 17.9 Å². The van der Waals surface area contributed by atoms with Crippen LogP contribution < -0.4 is 0 Å². The van der Waals surface area contributed by atoms with Crippen LogP contribution in [0.3, 0.4) is 0 Å². The van der Waals surface area contributed by atoms with Gasteiger partial charge in [-0.2, -0.15) is 0 Å². The molecule has 0 bridgehead atoms. The monoisotopic (exact) mass is 1040 g/mol. The lowest BCUT2D eigenvalue weighted by Gasteiger charge is -2.18. The maximum atomic E-state index is 12.9. The molecule has 0 heterocycles. The maximum Gasteiger partial charge on any atom is 0.306 e. The first-order chi connectivity index (χ1) is 37.5. The van der Waals surface area contributed by atoms with E-state index >= 15 is 0 Å². The average molecular weight is 1050 g/mol.